The molecular formula is C12H15Cl2FN2O2S. The molecule has 2 rings (SSSR count). The molecule has 0 unspecified atom stereocenters. The second kappa shape index (κ2) is 5.77. The number of rotatable bonds is 4. The Morgan fingerprint density at radius 3 is 2.20 bits per heavy atom. The summed E-state index contributed by atoms with van der Waals surface area (Å²) in [4.78, 5) is -0.304. The van der Waals surface area contributed by atoms with Crippen LogP contribution in [0, 0.1) is 5.82 Å². The largest absolute Gasteiger partial charge is 0.329 e. The second-order valence-corrected chi connectivity index (χ2v) is 7.43. The summed E-state index contributed by atoms with van der Waals surface area (Å²) in [5.41, 5.74) is 5.03. The minimum Gasteiger partial charge on any atom is -0.329 e. The minimum atomic E-state index is -3.95. The molecule has 1 fully saturated rings. The summed E-state index contributed by atoms with van der Waals surface area (Å²) in [5, 5.41) is -0.486. The van der Waals surface area contributed by atoms with Crippen LogP contribution in [0.15, 0.2) is 17.0 Å². The van der Waals surface area contributed by atoms with Gasteiger partial charge in [0.15, 0.2) is 0 Å². The number of hydrogen-bond acceptors (Lipinski definition) is 3. The predicted octanol–water partition coefficient (Wildman–Crippen LogP) is 2.68. The first-order valence-corrected chi connectivity index (χ1v) is 8.42. The summed E-state index contributed by atoms with van der Waals surface area (Å²) >= 11 is 11.6. The highest BCUT2D eigenvalue weighted by Crippen LogP contribution is 2.34. The maximum Gasteiger partial charge on any atom is 0.244 e. The Kier molecular flexibility index (Phi) is 4.61. The highest BCUT2D eigenvalue weighted by atomic mass is 35.5. The van der Waals surface area contributed by atoms with Gasteiger partial charge in [0, 0.05) is 12.1 Å². The van der Waals surface area contributed by atoms with Gasteiger partial charge in [-0.05, 0) is 25.0 Å². The molecule has 0 saturated heterocycles. The fraction of sp³-hybridized carbons (Fsp3) is 0.500. The standard InChI is InChI=1S/C12H15Cl2FN2O2S/c13-9-5-8(15)6-10(14)11(9)20(18,19)17-12(7-16)3-1-2-4-12/h5-6,17H,1-4,7,16H2. The molecule has 20 heavy (non-hydrogen) atoms. The van der Waals surface area contributed by atoms with E-state index in [1.54, 1.807) is 0 Å². The van der Waals surface area contributed by atoms with Gasteiger partial charge in [-0.1, -0.05) is 36.0 Å². The van der Waals surface area contributed by atoms with E-state index in [4.69, 9.17) is 28.9 Å². The summed E-state index contributed by atoms with van der Waals surface area (Å²) in [7, 11) is -3.95. The predicted molar refractivity (Wildman–Crippen MR) is 77.0 cm³/mol. The molecule has 0 aliphatic heterocycles. The average molecular weight is 341 g/mol. The van der Waals surface area contributed by atoms with Crippen LogP contribution in [0.2, 0.25) is 10.0 Å². The molecule has 1 saturated carbocycles. The molecule has 3 N–H and O–H groups in total. The number of nitrogens with two attached hydrogens (primary N) is 1. The Morgan fingerprint density at radius 2 is 1.75 bits per heavy atom. The Balaban J connectivity index is 2.41. The first-order valence-electron chi connectivity index (χ1n) is 6.18. The Bertz CT molecular complexity index is 593. The van der Waals surface area contributed by atoms with Gasteiger partial charge in [-0.25, -0.2) is 17.5 Å². The normalized spacial score (nSPS) is 18.4. The smallest absolute Gasteiger partial charge is 0.244 e. The van der Waals surface area contributed by atoms with Gasteiger partial charge in [-0.3, -0.25) is 0 Å². The molecule has 0 aromatic heterocycles. The molecule has 0 bridgehead atoms. The van der Waals surface area contributed by atoms with E-state index < -0.39 is 21.4 Å². The van der Waals surface area contributed by atoms with Crippen molar-refractivity contribution in [2.45, 2.75) is 36.1 Å². The summed E-state index contributed by atoms with van der Waals surface area (Å²) in [5.74, 6) is -0.687. The van der Waals surface area contributed by atoms with E-state index in [0.717, 1.165) is 25.0 Å². The maximum atomic E-state index is 13.1. The molecule has 4 nitrogen and oxygen atoms in total. The van der Waals surface area contributed by atoms with Gasteiger partial charge in [0.05, 0.1) is 10.0 Å². The molecule has 0 heterocycles. The van der Waals surface area contributed by atoms with Crippen molar-refractivity contribution in [3.05, 3.63) is 28.0 Å². The number of hydrogen-bond donors (Lipinski definition) is 2. The Labute approximate surface area is 127 Å². The van der Waals surface area contributed by atoms with Crippen LogP contribution in [0.1, 0.15) is 25.7 Å². The van der Waals surface area contributed by atoms with E-state index in [1.165, 1.54) is 0 Å². The van der Waals surface area contributed by atoms with E-state index in [9.17, 15) is 12.8 Å². The second-order valence-electron chi connectivity index (χ2n) is 5.00. The number of sulfonamides is 1. The molecule has 0 atom stereocenters. The van der Waals surface area contributed by atoms with E-state index >= 15 is 0 Å². The lowest BCUT2D eigenvalue weighted by Gasteiger charge is -2.28. The van der Waals surface area contributed by atoms with Crippen LogP contribution >= 0.6 is 23.2 Å². The zero-order valence-electron chi connectivity index (χ0n) is 10.6. The molecule has 1 aliphatic carbocycles. The summed E-state index contributed by atoms with van der Waals surface area (Å²) in [6.45, 7) is 0.197. The summed E-state index contributed by atoms with van der Waals surface area (Å²) in [6, 6.07) is 1.84. The van der Waals surface area contributed by atoms with Gasteiger partial charge in [-0.2, -0.15) is 0 Å². The average Bonchev–Trinajstić information content (AvgIpc) is 2.75. The van der Waals surface area contributed by atoms with Crippen LogP contribution < -0.4 is 10.5 Å². The maximum absolute atomic E-state index is 13.1. The monoisotopic (exact) mass is 340 g/mol. The van der Waals surface area contributed by atoms with Gasteiger partial charge in [0.1, 0.15) is 10.7 Å². The van der Waals surface area contributed by atoms with Crippen molar-refractivity contribution < 1.29 is 12.8 Å². The van der Waals surface area contributed by atoms with E-state index in [-0.39, 0.29) is 21.5 Å². The van der Waals surface area contributed by atoms with Crippen LogP contribution in [-0.2, 0) is 10.0 Å². The fourth-order valence-electron chi connectivity index (χ4n) is 2.52. The van der Waals surface area contributed by atoms with Crippen molar-refractivity contribution in [3.63, 3.8) is 0 Å². The Hall–Kier alpha value is -0.400. The zero-order valence-corrected chi connectivity index (χ0v) is 13.0. The van der Waals surface area contributed by atoms with Crippen molar-refractivity contribution in [1.82, 2.24) is 4.72 Å². The molecule has 0 spiro atoms. The van der Waals surface area contributed by atoms with Crippen LogP contribution in [-0.4, -0.2) is 20.5 Å². The molecule has 1 aromatic carbocycles. The highest BCUT2D eigenvalue weighted by molar-refractivity contribution is 7.89. The van der Waals surface area contributed by atoms with Crippen molar-refractivity contribution in [2.24, 2.45) is 5.73 Å². The van der Waals surface area contributed by atoms with Gasteiger partial charge >= 0.3 is 0 Å². The third kappa shape index (κ3) is 3.09. The van der Waals surface area contributed by atoms with Crippen LogP contribution in [0.25, 0.3) is 0 Å². The van der Waals surface area contributed by atoms with Gasteiger partial charge in [-0.15, -0.1) is 0 Å². The molecular weight excluding hydrogens is 326 g/mol. The number of nitrogens with one attached hydrogen (secondary N) is 1. The van der Waals surface area contributed by atoms with E-state index in [2.05, 4.69) is 4.72 Å². The molecule has 8 heteroatoms. The summed E-state index contributed by atoms with van der Waals surface area (Å²) < 4.78 is 40.6. The minimum absolute atomic E-state index is 0.197. The SMILES string of the molecule is NCC1(NS(=O)(=O)c2c(Cl)cc(F)cc2Cl)CCCC1. The van der Waals surface area contributed by atoms with Crippen LogP contribution in [0.5, 0.6) is 0 Å². The Morgan fingerprint density at radius 1 is 1.25 bits per heavy atom. The molecule has 112 valence electrons. The van der Waals surface area contributed by atoms with Crippen molar-refractivity contribution in [3.8, 4) is 0 Å². The number of halogens is 3. The van der Waals surface area contributed by atoms with Gasteiger partial charge < -0.3 is 5.73 Å². The van der Waals surface area contributed by atoms with Crippen LogP contribution in [0.4, 0.5) is 4.39 Å². The molecule has 1 aromatic rings. The molecule has 1 aliphatic rings. The van der Waals surface area contributed by atoms with Crippen molar-refractivity contribution in [1.29, 1.82) is 0 Å². The quantitative estimate of drug-likeness (QED) is 0.884. The summed E-state index contributed by atoms with van der Waals surface area (Å²) in [6.07, 6.45) is 3.15. The first-order chi connectivity index (χ1) is 9.30. The number of benzene rings is 1. The van der Waals surface area contributed by atoms with Crippen molar-refractivity contribution in [2.75, 3.05) is 6.54 Å². The lowest BCUT2D eigenvalue weighted by molar-refractivity contribution is 0.399. The van der Waals surface area contributed by atoms with E-state index in [1.807, 2.05) is 0 Å². The lowest BCUT2D eigenvalue weighted by atomic mass is 10.0. The van der Waals surface area contributed by atoms with Crippen LogP contribution in [0.3, 0.4) is 0 Å². The highest BCUT2D eigenvalue weighted by Gasteiger charge is 2.38. The third-order valence-corrected chi connectivity index (χ3v) is 6.03. The van der Waals surface area contributed by atoms with Gasteiger partial charge in [0.25, 0.3) is 0 Å². The fourth-order valence-corrected chi connectivity index (χ4v) is 5.18. The third-order valence-electron chi connectivity index (χ3n) is 3.53. The topological polar surface area (TPSA) is 72.2 Å². The molecule has 0 radical (unpaired) electrons. The zero-order chi connectivity index (χ0) is 15.0. The lowest BCUT2D eigenvalue weighted by Crippen LogP contribution is -2.51. The molecule has 0 amide bonds. The first kappa shape index (κ1) is 16.0. The van der Waals surface area contributed by atoms with Gasteiger partial charge in [0.2, 0.25) is 10.0 Å². The van der Waals surface area contributed by atoms with Crippen molar-refractivity contribution >= 4 is 33.2 Å². The van der Waals surface area contributed by atoms with E-state index in [0.29, 0.717) is 12.8 Å².